The van der Waals surface area contributed by atoms with Crippen molar-refractivity contribution in [3.8, 4) is 0 Å². The predicted octanol–water partition coefficient (Wildman–Crippen LogP) is -0.511. The standard InChI is InChI=1S/C5H8F3N3O/c6-5(7,8)4(12)1-11(2-4)3(9)10/h12H,1-2H2,(H3,9,10). The van der Waals surface area contributed by atoms with Gasteiger partial charge in [0.1, 0.15) is 0 Å². The molecule has 0 aromatic rings. The van der Waals surface area contributed by atoms with Gasteiger partial charge in [0.15, 0.2) is 11.6 Å². The first-order chi connectivity index (χ1) is 5.26. The maximum Gasteiger partial charge on any atom is 0.420 e. The van der Waals surface area contributed by atoms with Crippen molar-refractivity contribution in [2.75, 3.05) is 13.1 Å². The monoisotopic (exact) mass is 183 g/mol. The summed E-state index contributed by atoms with van der Waals surface area (Å²) in [7, 11) is 0. The Kier molecular flexibility index (Phi) is 1.71. The SMILES string of the molecule is N=C(N)N1CC(O)(C(F)(F)F)C1. The molecule has 70 valence electrons. The van der Waals surface area contributed by atoms with Crippen LogP contribution in [0.2, 0.25) is 0 Å². The molecule has 0 aliphatic carbocycles. The number of likely N-dealkylation sites (tertiary alicyclic amines) is 1. The molecule has 0 bridgehead atoms. The van der Waals surface area contributed by atoms with Crippen molar-refractivity contribution in [2.45, 2.75) is 11.8 Å². The van der Waals surface area contributed by atoms with E-state index >= 15 is 0 Å². The molecule has 12 heavy (non-hydrogen) atoms. The molecule has 0 saturated carbocycles. The van der Waals surface area contributed by atoms with E-state index in [1.165, 1.54) is 0 Å². The van der Waals surface area contributed by atoms with Crippen LogP contribution in [0, 0.1) is 5.41 Å². The van der Waals surface area contributed by atoms with E-state index in [-0.39, 0.29) is 0 Å². The Hall–Kier alpha value is -0.980. The Balaban J connectivity index is 2.57. The first-order valence-corrected chi connectivity index (χ1v) is 3.14. The smallest absolute Gasteiger partial charge is 0.378 e. The summed E-state index contributed by atoms with van der Waals surface area (Å²) in [5, 5.41) is 15.6. The fraction of sp³-hybridized carbons (Fsp3) is 0.800. The molecule has 1 aliphatic heterocycles. The van der Waals surface area contributed by atoms with Crippen LogP contribution >= 0.6 is 0 Å². The number of hydrogen-bond acceptors (Lipinski definition) is 2. The zero-order valence-electron chi connectivity index (χ0n) is 6.02. The number of nitrogens with two attached hydrogens (primary N) is 1. The lowest BCUT2D eigenvalue weighted by Crippen LogP contribution is -2.71. The molecule has 0 radical (unpaired) electrons. The lowest BCUT2D eigenvalue weighted by Gasteiger charge is -2.46. The van der Waals surface area contributed by atoms with Crippen LogP contribution in [0.25, 0.3) is 0 Å². The highest BCUT2D eigenvalue weighted by Gasteiger charge is 2.61. The minimum atomic E-state index is -4.64. The second kappa shape index (κ2) is 2.25. The van der Waals surface area contributed by atoms with Crippen LogP contribution in [0.5, 0.6) is 0 Å². The van der Waals surface area contributed by atoms with Gasteiger partial charge in [-0.2, -0.15) is 13.2 Å². The van der Waals surface area contributed by atoms with E-state index in [1.807, 2.05) is 0 Å². The van der Waals surface area contributed by atoms with Crippen molar-refractivity contribution in [1.82, 2.24) is 4.90 Å². The fourth-order valence-electron chi connectivity index (χ4n) is 0.935. The molecular formula is C5H8F3N3O. The van der Waals surface area contributed by atoms with Crippen molar-refractivity contribution in [1.29, 1.82) is 5.41 Å². The van der Waals surface area contributed by atoms with E-state index in [4.69, 9.17) is 16.2 Å². The summed E-state index contributed by atoms with van der Waals surface area (Å²) in [5.41, 5.74) is 2.21. The number of hydrogen-bond donors (Lipinski definition) is 3. The third-order valence-electron chi connectivity index (χ3n) is 1.77. The van der Waals surface area contributed by atoms with Gasteiger partial charge in [-0.25, -0.2) is 0 Å². The molecule has 7 heteroatoms. The van der Waals surface area contributed by atoms with Crippen LogP contribution in [-0.2, 0) is 0 Å². The molecule has 0 aromatic heterocycles. The molecule has 4 nitrogen and oxygen atoms in total. The summed E-state index contributed by atoms with van der Waals surface area (Å²) >= 11 is 0. The summed E-state index contributed by atoms with van der Waals surface area (Å²) in [6, 6.07) is 0. The number of rotatable bonds is 0. The fourth-order valence-corrected chi connectivity index (χ4v) is 0.935. The Morgan fingerprint density at radius 2 is 1.92 bits per heavy atom. The summed E-state index contributed by atoms with van der Waals surface area (Å²) < 4.78 is 35.8. The van der Waals surface area contributed by atoms with Gasteiger partial charge in [-0.05, 0) is 0 Å². The van der Waals surface area contributed by atoms with Gasteiger partial charge in [0.05, 0.1) is 13.1 Å². The third kappa shape index (κ3) is 1.20. The highest BCUT2D eigenvalue weighted by molar-refractivity contribution is 5.75. The van der Waals surface area contributed by atoms with Gasteiger partial charge in [0.25, 0.3) is 0 Å². The molecular weight excluding hydrogens is 175 g/mol. The third-order valence-corrected chi connectivity index (χ3v) is 1.77. The first-order valence-electron chi connectivity index (χ1n) is 3.14. The highest BCUT2D eigenvalue weighted by Crippen LogP contribution is 2.37. The normalized spacial score (nSPS) is 21.8. The molecule has 4 N–H and O–H groups in total. The summed E-state index contributed by atoms with van der Waals surface area (Å²) in [6.45, 7) is -1.29. The molecule has 1 saturated heterocycles. The summed E-state index contributed by atoms with van der Waals surface area (Å²) in [5.74, 6) is -0.455. The lowest BCUT2D eigenvalue weighted by molar-refractivity contribution is -0.292. The van der Waals surface area contributed by atoms with Crippen LogP contribution in [0.3, 0.4) is 0 Å². The molecule has 0 amide bonds. The maximum absolute atomic E-state index is 11.9. The van der Waals surface area contributed by atoms with Crippen LogP contribution in [0.4, 0.5) is 13.2 Å². The molecule has 0 atom stereocenters. The molecule has 0 spiro atoms. The van der Waals surface area contributed by atoms with E-state index in [0.29, 0.717) is 0 Å². The van der Waals surface area contributed by atoms with Gasteiger partial charge in [-0.3, -0.25) is 5.41 Å². The molecule has 1 aliphatic rings. The number of β-amino-alcohol motifs (C(OH)–C–C–N with tert-alkyl or cyclic N) is 1. The van der Waals surface area contributed by atoms with Crippen LogP contribution < -0.4 is 5.73 Å². The Labute approximate surface area is 66.3 Å². The average molecular weight is 183 g/mol. The average Bonchev–Trinajstić information content (AvgIpc) is 1.77. The van der Waals surface area contributed by atoms with Gasteiger partial charge in [0.2, 0.25) is 0 Å². The zero-order chi connectivity index (χ0) is 9.57. The van der Waals surface area contributed by atoms with Crippen LogP contribution in [-0.4, -0.2) is 40.8 Å². The number of aliphatic hydroxyl groups is 1. The summed E-state index contributed by atoms with van der Waals surface area (Å²) in [6.07, 6.45) is -4.64. The number of guanidine groups is 1. The molecule has 1 heterocycles. The second-order valence-electron chi connectivity index (χ2n) is 2.77. The van der Waals surface area contributed by atoms with E-state index in [9.17, 15) is 13.2 Å². The summed E-state index contributed by atoms with van der Waals surface area (Å²) in [4.78, 5) is 0.938. The van der Waals surface area contributed by atoms with E-state index in [1.54, 1.807) is 0 Å². The van der Waals surface area contributed by atoms with Gasteiger partial charge < -0.3 is 15.7 Å². The lowest BCUT2D eigenvalue weighted by atomic mass is 9.94. The molecule has 0 unspecified atom stereocenters. The minimum absolute atomic E-state index is 0.455. The van der Waals surface area contributed by atoms with Gasteiger partial charge in [-0.15, -0.1) is 0 Å². The zero-order valence-corrected chi connectivity index (χ0v) is 6.02. The Morgan fingerprint density at radius 1 is 1.50 bits per heavy atom. The highest BCUT2D eigenvalue weighted by atomic mass is 19.4. The van der Waals surface area contributed by atoms with Gasteiger partial charge >= 0.3 is 6.18 Å². The van der Waals surface area contributed by atoms with Gasteiger partial charge in [-0.1, -0.05) is 0 Å². The number of nitrogens with one attached hydrogen (secondary N) is 1. The molecule has 0 aromatic carbocycles. The van der Waals surface area contributed by atoms with Crippen molar-refractivity contribution in [2.24, 2.45) is 5.73 Å². The first kappa shape index (κ1) is 9.11. The Bertz CT molecular complexity index is 208. The van der Waals surface area contributed by atoms with Crippen molar-refractivity contribution in [3.05, 3.63) is 0 Å². The van der Waals surface area contributed by atoms with Crippen LogP contribution in [0.1, 0.15) is 0 Å². The number of halogens is 3. The minimum Gasteiger partial charge on any atom is -0.378 e. The van der Waals surface area contributed by atoms with E-state index in [0.717, 1.165) is 4.90 Å². The maximum atomic E-state index is 11.9. The van der Waals surface area contributed by atoms with Crippen molar-refractivity contribution in [3.63, 3.8) is 0 Å². The van der Waals surface area contributed by atoms with Gasteiger partial charge in [0, 0.05) is 0 Å². The molecule has 1 fully saturated rings. The second-order valence-corrected chi connectivity index (χ2v) is 2.77. The van der Waals surface area contributed by atoms with Crippen molar-refractivity contribution >= 4 is 5.96 Å². The largest absolute Gasteiger partial charge is 0.420 e. The van der Waals surface area contributed by atoms with Crippen molar-refractivity contribution < 1.29 is 18.3 Å². The van der Waals surface area contributed by atoms with E-state index < -0.39 is 30.8 Å². The predicted molar refractivity (Wildman–Crippen MR) is 34.5 cm³/mol. The van der Waals surface area contributed by atoms with E-state index in [2.05, 4.69) is 0 Å². The topological polar surface area (TPSA) is 73.3 Å². The number of alkyl halides is 3. The van der Waals surface area contributed by atoms with Crippen LogP contribution in [0.15, 0.2) is 0 Å². The number of nitrogens with zero attached hydrogens (tertiary/aromatic N) is 1. The quantitative estimate of drug-likeness (QED) is 0.350. The molecule has 1 rings (SSSR count). The Morgan fingerprint density at radius 3 is 2.17 bits per heavy atom.